The van der Waals surface area contributed by atoms with E-state index < -0.39 is 23.3 Å². The molecule has 0 aliphatic heterocycles. The number of rotatable bonds is 3. The molecule has 0 atom stereocenters. The van der Waals surface area contributed by atoms with Crippen molar-refractivity contribution in [2.24, 2.45) is 5.84 Å². The lowest BCUT2D eigenvalue weighted by Gasteiger charge is -2.15. The average molecular weight is 286 g/mol. The number of hydrogen-bond acceptors (Lipinski definition) is 5. The minimum atomic E-state index is -4.63. The van der Waals surface area contributed by atoms with Crippen LogP contribution < -0.4 is 16.6 Å². The Morgan fingerprint density at radius 3 is 2.65 bits per heavy atom. The van der Waals surface area contributed by atoms with Gasteiger partial charge < -0.3 is 15.3 Å². The van der Waals surface area contributed by atoms with Gasteiger partial charge in [0.1, 0.15) is 12.0 Å². The van der Waals surface area contributed by atoms with Crippen LogP contribution in [-0.4, -0.2) is 11.1 Å². The molecule has 1 amide bonds. The van der Waals surface area contributed by atoms with Gasteiger partial charge in [0, 0.05) is 0 Å². The molecule has 0 radical (unpaired) electrons. The summed E-state index contributed by atoms with van der Waals surface area (Å²) in [6.45, 7) is 0. The van der Waals surface area contributed by atoms with Gasteiger partial charge >= 0.3 is 6.18 Å². The number of halogens is 3. The molecule has 20 heavy (non-hydrogen) atoms. The average Bonchev–Trinajstić information content (AvgIpc) is 2.89. The molecule has 1 heterocycles. The summed E-state index contributed by atoms with van der Waals surface area (Å²) in [5.41, 5.74) is 0.347. The lowest BCUT2D eigenvalue weighted by molar-refractivity contribution is -0.137. The van der Waals surface area contributed by atoms with E-state index in [1.165, 1.54) is 12.3 Å². The summed E-state index contributed by atoms with van der Waals surface area (Å²) >= 11 is 0. The van der Waals surface area contributed by atoms with Crippen LogP contribution in [0.4, 0.5) is 24.5 Å². The maximum Gasteiger partial charge on any atom is 0.418 e. The van der Waals surface area contributed by atoms with Gasteiger partial charge in [0.05, 0.1) is 23.0 Å². The van der Waals surface area contributed by atoms with Crippen LogP contribution in [0, 0.1) is 0 Å². The van der Waals surface area contributed by atoms with E-state index in [4.69, 9.17) is 5.84 Å². The predicted octanol–water partition coefficient (Wildman–Crippen LogP) is 2.23. The largest absolute Gasteiger partial charge is 0.418 e. The Kier molecular flexibility index (Phi) is 3.61. The van der Waals surface area contributed by atoms with Crippen molar-refractivity contribution in [2.75, 3.05) is 10.7 Å². The number of hydrazine groups is 1. The number of aromatic nitrogens is 1. The summed E-state index contributed by atoms with van der Waals surface area (Å²) < 4.78 is 42.9. The number of para-hydroxylation sites is 1. The van der Waals surface area contributed by atoms with Gasteiger partial charge in [-0.05, 0) is 12.1 Å². The number of hydrogen-bond donors (Lipinski definition) is 3. The molecule has 0 aliphatic rings. The second kappa shape index (κ2) is 5.21. The minimum Gasteiger partial charge on any atom is -0.363 e. The first-order valence-electron chi connectivity index (χ1n) is 5.31. The summed E-state index contributed by atoms with van der Waals surface area (Å²) in [7, 11) is 0. The monoisotopic (exact) mass is 286 g/mol. The first-order valence-corrected chi connectivity index (χ1v) is 5.31. The number of amides is 1. The maximum absolute atomic E-state index is 12.8. The second-order valence-corrected chi connectivity index (χ2v) is 3.74. The van der Waals surface area contributed by atoms with E-state index in [0.29, 0.717) is 0 Å². The summed E-state index contributed by atoms with van der Waals surface area (Å²) in [6.07, 6.45) is -2.28. The molecule has 0 saturated carbocycles. The third-order valence-corrected chi connectivity index (χ3v) is 2.45. The SMILES string of the molecule is NNc1c(C(=O)Nc2cnoc2)cccc1C(F)(F)F. The zero-order valence-corrected chi connectivity index (χ0v) is 9.86. The van der Waals surface area contributed by atoms with E-state index in [9.17, 15) is 18.0 Å². The molecule has 2 rings (SSSR count). The zero-order chi connectivity index (χ0) is 14.8. The normalized spacial score (nSPS) is 11.2. The summed E-state index contributed by atoms with van der Waals surface area (Å²) in [5, 5.41) is 5.69. The second-order valence-electron chi connectivity index (χ2n) is 3.74. The Morgan fingerprint density at radius 1 is 1.35 bits per heavy atom. The fourth-order valence-electron chi connectivity index (χ4n) is 1.60. The van der Waals surface area contributed by atoms with Crippen molar-refractivity contribution in [3.05, 3.63) is 41.8 Å². The van der Waals surface area contributed by atoms with Crippen LogP contribution in [-0.2, 0) is 6.18 Å². The van der Waals surface area contributed by atoms with Crippen molar-refractivity contribution in [3.63, 3.8) is 0 Å². The van der Waals surface area contributed by atoms with Crippen LogP contribution >= 0.6 is 0 Å². The van der Waals surface area contributed by atoms with Gasteiger partial charge in [-0.1, -0.05) is 11.2 Å². The van der Waals surface area contributed by atoms with Crippen molar-refractivity contribution in [1.82, 2.24) is 5.16 Å². The van der Waals surface area contributed by atoms with Gasteiger partial charge in [-0.15, -0.1) is 0 Å². The molecule has 0 saturated heterocycles. The van der Waals surface area contributed by atoms with Crippen LogP contribution in [0.1, 0.15) is 15.9 Å². The van der Waals surface area contributed by atoms with Gasteiger partial charge in [-0.2, -0.15) is 13.2 Å². The fourth-order valence-corrected chi connectivity index (χ4v) is 1.60. The van der Waals surface area contributed by atoms with Gasteiger partial charge in [-0.3, -0.25) is 10.6 Å². The highest BCUT2D eigenvalue weighted by Gasteiger charge is 2.35. The van der Waals surface area contributed by atoms with Crippen molar-refractivity contribution < 1.29 is 22.5 Å². The predicted molar refractivity (Wildman–Crippen MR) is 63.7 cm³/mol. The number of nitrogens with zero attached hydrogens (tertiary/aromatic N) is 1. The van der Waals surface area contributed by atoms with E-state index in [1.807, 2.05) is 5.43 Å². The number of benzene rings is 1. The molecular weight excluding hydrogens is 277 g/mol. The highest BCUT2D eigenvalue weighted by atomic mass is 19.4. The highest BCUT2D eigenvalue weighted by molar-refractivity contribution is 6.08. The smallest absolute Gasteiger partial charge is 0.363 e. The molecule has 9 heteroatoms. The van der Waals surface area contributed by atoms with Gasteiger partial charge in [-0.25, -0.2) is 0 Å². The maximum atomic E-state index is 12.8. The van der Waals surface area contributed by atoms with Gasteiger partial charge in [0.2, 0.25) is 0 Å². The van der Waals surface area contributed by atoms with Crippen molar-refractivity contribution in [2.45, 2.75) is 6.18 Å². The molecule has 0 spiro atoms. The van der Waals surface area contributed by atoms with Crippen molar-refractivity contribution in [3.8, 4) is 0 Å². The Bertz CT molecular complexity index is 611. The molecule has 0 bridgehead atoms. The zero-order valence-electron chi connectivity index (χ0n) is 9.86. The van der Waals surface area contributed by atoms with E-state index >= 15 is 0 Å². The minimum absolute atomic E-state index is 0.218. The molecule has 106 valence electrons. The summed E-state index contributed by atoms with van der Waals surface area (Å²) in [6, 6.07) is 3.16. The number of nitrogens with two attached hydrogens (primary N) is 1. The fraction of sp³-hybridized carbons (Fsp3) is 0.0909. The molecule has 1 aromatic carbocycles. The molecule has 4 N–H and O–H groups in total. The number of nitrogen functional groups attached to an aromatic ring is 1. The van der Waals surface area contributed by atoms with E-state index in [1.54, 1.807) is 0 Å². The molecular formula is C11H9F3N4O2. The number of anilines is 2. The van der Waals surface area contributed by atoms with Gasteiger partial charge in [0.15, 0.2) is 0 Å². The third-order valence-electron chi connectivity index (χ3n) is 2.45. The number of carbonyl (C=O) groups is 1. The Balaban J connectivity index is 2.39. The quantitative estimate of drug-likeness (QED) is 0.594. The van der Waals surface area contributed by atoms with Crippen molar-refractivity contribution >= 4 is 17.3 Å². The van der Waals surface area contributed by atoms with Crippen LogP contribution in [0.2, 0.25) is 0 Å². The first-order chi connectivity index (χ1) is 9.43. The summed E-state index contributed by atoms with van der Waals surface area (Å²) in [5.74, 6) is 4.33. The van der Waals surface area contributed by atoms with Crippen LogP contribution in [0.5, 0.6) is 0 Å². The molecule has 0 fully saturated rings. The Labute approximate surface area is 110 Å². The topological polar surface area (TPSA) is 93.2 Å². The molecule has 0 unspecified atom stereocenters. The van der Waals surface area contributed by atoms with Crippen LogP contribution in [0.15, 0.2) is 35.2 Å². The summed E-state index contributed by atoms with van der Waals surface area (Å²) in [4.78, 5) is 11.9. The lowest BCUT2D eigenvalue weighted by atomic mass is 10.1. The van der Waals surface area contributed by atoms with E-state index in [0.717, 1.165) is 18.4 Å². The number of carbonyl (C=O) groups excluding carboxylic acids is 1. The number of alkyl halides is 3. The lowest BCUT2D eigenvalue weighted by Crippen LogP contribution is -2.21. The van der Waals surface area contributed by atoms with E-state index in [-0.39, 0.29) is 11.3 Å². The van der Waals surface area contributed by atoms with E-state index in [2.05, 4.69) is 15.0 Å². The Hall–Kier alpha value is -2.55. The highest BCUT2D eigenvalue weighted by Crippen LogP contribution is 2.36. The van der Waals surface area contributed by atoms with Crippen molar-refractivity contribution in [1.29, 1.82) is 0 Å². The number of nitrogens with one attached hydrogen (secondary N) is 2. The molecule has 0 aliphatic carbocycles. The standard InChI is InChI=1S/C11H9F3N4O2/c12-11(13,14)8-3-1-2-7(9(8)18-15)10(19)17-6-4-16-20-5-6/h1-5,18H,15H2,(H,17,19). The molecule has 6 nitrogen and oxygen atoms in total. The van der Waals surface area contributed by atoms with Gasteiger partial charge in [0.25, 0.3) is 5.91 Å². The van der Waals surface area contributed by atoms with Crippen LogP contribution in [0.3, 0.4) is 0 Å². The molecule has 2 aromatic rings. The third kappa shape index (κ3) is 2.72. The molecule has 1 aromatic heterocycles. The first kappa shape index (κ1) is 13.9. The Morgan fingerprint density at radius 2 is 2.10 bits per heavy atom. The van der Waals surface area contributed by atoms with Crippen LogP contribution in [0.25, 0.3) is 0 Å².